The summed E-state index contributed by atoms with van der Waals surface area (Å²) in [4.78, 5) is 23.7. The molecule has 0 aliphatic rings. The molecule has 126 valence electrons. The van der Waals surface area contributed by atoms with E-state index in [4.69, 9.17) is 9.84 Å². The molecule has 24 heavy (non-hydrogen) atoms. The van der Waals surface area contributed by atoms with Crippen LogP contribution < -0.4 is 10.1 Å². The molecule has 0 heterocycles. The number of carboxylic acid groups (broad SMARTS) is 1. The number of aryl methyl sites for hydroxylation is 2. The maximum atomic E-state index is 12.6. The highest BCUT2D eigenvalue weighted by molar-refractivity contribution is 6.06. The Morgan fingerprint density at radius 1 is 1.08 bits per heavy atom. The summed E-state index contributed by atoms with van der Waals surface area (Å²) in [7, 11) is 0. The predicted molar refractivity (Wildman–Crippen MR) is 93.0 cm³/mol. The largest absolute Gasteiger partial charge is 0.489 e. The number of hydrogen-bond acceptors (Lipinski definition) is 3. The average Bonchev–Trinajstić information content (AvgIpc) is 2.48. The van der Waals surface area contributed by atoms with Crippen molar-refractivity contribution in [2.75, 3.05) is 5.32 Å². The van der Waals surface area contributed by atoms with Crippen LogP contribution in [0.4, 0.5) is 5.69 Å². The van der Waals surface area contributed by atoms with Gasteiger partial charge < -0.3 is 15.2 Å². The number of benzene rings is 2. The third-order valence-corrected chi connectivity index (χ3v) is 3.46. The molecule has 0 saturated carbocycles. The Morgan fingerprint density at radius 3 is 2.38 bits per heavy atom. The van der Waals surface area contributed by atoms with Gasteiger partial charge in [-0.2, -0.15) is 0 Å². The average molecular weight is 327 g/mol. The van der Waals surface area contributed by atoms with Crippen LogP contribution in [0.1, 0.15) is 45.7 Å². The second-order valence-corrected chi connectivity index (χ2v) is 5.96. The molecule has 0 spiro atoms. The molecule has 0 aromatic heterocycles. The fourth-order valence-corrected chi connectivity index (χ4v) is 2.38. The lowest BCUT2D eigenvalue weighted by Crippen LogP contribution is -2.16. The molecule has 0 bridgehead atoms. The van der Waals surface area contributed by atoms with Crippen molar-refractivity contribution in [2.45, 2.75) is 33.8 Å². The van der Waals surface area contributed by atoms with Crippen molar-refractivity contribution >= 4 is 17.6 Å². The van der Waals surface area contributed by atoms with Crippen molar-refractivity contribution in [3.8, 4) is 5.75 Å². The second kappa shape index (κ2) is 7.17. The van der Waals surface area contributed by atoms with Gasteiger partial charge in [-0.05, 0) is 57.5 Å². The summed E-state index contributed by atoms with van der Waals surface area (Å²) in [6, 6.07) is 9.95. The van der Waals surface area contributed by atoms with Gasteiger partial charge in [0.05, 0.1) is 17.4 Å². The van der Waals surface area contributed by atoms with Crippen LogP contribution in [0, 0.1) is 13.8 Å². The van der Waals surface area contributed by atoms with Crippen LogP contribution in [0.2, 0.25) is 0 Å². The molecular weight excluding hydrogens is 306 g/mol. The zero-order valence-electron chi connectivity index (χ0n) is 14.2. The number of rotatable bonds is 5. The van der Waals surface area contributed by atoms with Gasteiger partial charge in [-0.3, -0.25) is 4.79 Å². The number of anilines is 1. The number of carbonyl (C=O) groups is 2. The van der Waals surface area contributed by atoms with Crippen LogP contribution in [0.15, 0.2) is 36.4 Å². The van der Waals surface area contributed by atoms with E-state index >= 15 is 0 Å². The minimum atomic E-state index is -1.06. The molecule has 2 aromatic carbocycles. The number of carbonyl (C=O) groups excluding carboxylic acids is 1. The van der Waals surface area contributed by atoms with E-state index in [-0.39, 0.29) is 17.6 Å². The maximum Gasteiger partial charge on any atom is 0.335 e. The summed E-state index contributed by atoms with van der Waals surface area (Å²) in [6.45, 7) is 7.54. The third kappa shape index (κ3) is 4.13. The predicted octanol–water partition coefficient (Wildman–Crippen LogP) is 4.04. The highest BCUT2D eigenvalue weighted by Gasteiger charge is 2.15. The summed E-state index contributed by atoms with van der Waals surface area (Å²) in [5.74, 6) is -0.926. The van der Waals surface area contributed by atoms with Gasteiger partial charge in [-0.1, -0.05) is 17.7 Å². The van der Waals surface area contributed by atoms with E-state index in [1.165, 1.54) is 12.1 Å². The zero-order valence-corrected chi connectivity index (χ0v) is 14.2. The van der Waals surface area contributed by atoms with Crippen molar-refractivity contribution in [2.24, 2.45) is 0 Å². The van der Waals surface area contributed by atoms with Crippen LogP contribution in [0.5, 0.6) is 5.75 Å². The zero-order chi connectivity index (χ0) is 17.9. The van der Waals surface area contributed by atoms with Gasteiger partial charge in [-0.15, -0.1) is 0 Å². The normalized spacial score (nSPS) is 10.5. The second-order valence-electron chi connectivity index (χ2n) is 5.96. The molecule has 5 nitrogen and oxygen atoms in total. The highest BCUT2D eigenvalue weighted by Crippen LogP contribution is 2.28. The topological polar surface area (TPSA) is 75.6 Å². The van der Waals surface area contributed by atoms with Crippen LogP contribution in [-0.4, -0.2) is 23.1 Å². The van der Waals surface area contributed by atoms with Crippen molar-refractivity contribution in [1.29, 1.82) is 0 Å². The Morgan fingerprint density at radius 2 is 1.79 bits per heavy atom. The summed E-state index contributed by atoms with van der Waals surface area (Å²) >= 11 is 0. The fourth-order valence-electron chi connectivity index (χ4n) is 2.38. The Balaban J connectivity index is 2.36. The number of aromatic carboxylic acids is 1. The first-order valence-electron chi connectivity index (χ1n) is 7.70. The molecule has 0 saturated heterocycles. The molecule has 0 atom stereocenters. The Labute approximate surface area is 141 Å². The van der Waals surface area contributed by atoms with Crippen LogP contribution in [-0.2, 0) is 0 Å². The SMILES string of the molecule is Cc1ccc(C(=O)Nc2cc(C(=O)O)ccc2OC(C)C)c(C)c1. The number of carboxylic acids is 1. The summed E-state index contributed by atoms with van der Waals surface area (Å²) in [5, 5.41) is 11.9. The summed E-state index contributed by atoms with van der Waals surface area (Å²) < 4.78 is 5.66. The Bertz CT molecular complexity index is 781. The number of amides is 1. The molecule has 0 aliphatic heterocycles. The third-order valence-electron chi connectivity index (χ3n) is 3.46. The first kappa shape index (κ1) is 17.5. The Hall–Kier alpha value is -2.82. The van der Waals surface area contributed by atoms with Crippen molar-refractivity contribution in [3.63, 3.8) is 0 Å². The molecule has 2 rings (SSSR count). The fraction of sp³-hybridized carbons (Fsp3) is 0.263. The molecule has 0 fully saturated rings. The van der Waals surface area contributed by atoms with E-state index in [9.17, 15) is 9.59 Å². The molecule has 0 unspecified atom stereocenters. The maximum absolute atomic E-state index is 12.6. The van der Waals surface area contributed by atoms with Crippen molar-refractivity contribution in [1.82, 2.24) is 0 Å². The minimum absolute atomic E-state index is 0.0852. The summed E-state index contributed by atoms with van der Waals surface area (Å²) in [5.41, 5.74) is 2.89. The molecule has 5 heteroatoms. The van der Waals surface area contributed by atoms with E-state index in [0.29, 0.717) is 17.0 Å². The Kier molecular flexibility index (Phi) is 5.24. The monoisotopic (exact) mass is 327 g/mol. The number of ether oxygens (including phenoxy) is 1. The van der Waals surface area contributed by atoms with Gasteiger partial charge in [-0.25, -0.2) is 4.79 Å². The van der Waals surface area contributed by atoms with E-state index in [0.717, 1.165) is 11.1 Å². The van der Waals surface area contributed by atoms with Crippen LogP contribution >= 0.6 is 0 Å². The van der Waals surface area contributed by atoms with E-state index in [1.54, 1.807) is 12.1 Å². The van der Waals surface area contributed by atoms with E-state index in [2.05, 4.69) is 5.32 Å². The van der Waals surface area contributed by atoms with E-state index < -0.39 is 5.97 Å². The van der Waals surface area contributed by atoms with E-state index in [1.807, 2.05) is 39.8 Å². The number of nitrogens with one attached hydrogen (secondary N) is 1. The van der Waals surface area contributed by atoms with Crippen molar-refractivity contribution in [3.05, 3.63) is 58.7 Å². The lowest BCUT2D eigenvalue weighted by atomic mass is 10.0. The lowest BCUT2D eigenvalue weighted by molar-refractivity contribution is 0.0696. The van der Waals surface area contributed by atoms with Gasteiger partial charge in [0, 0.05) is 5.56 Å². The molecule has 2 N–H and O–H groups in total. The molecule has 0 radical (unpaired) electrons. The minimum Gasteiger partial charge on any atom is -0.489 e. The van der Waals surface area contributed by atoms with Crippen LogP contribution in [0.25, 0.3) is 0 Å². The molecule has 2 aromatic rings. The molecule has 1 amide bonds. The number of hydrogen-bond donors (Lipinski definition) is 2. The summed E-state index contributed by atoms with van der Waals surface area (Å²) in [6.07, 6.45) is -0.0996. The van der Waals surface area contributed by atoms with Crippen LogP contribution in [0.3, 0.4) is 0 Å². The van der Waals surface area contributed by atoms with Gasteiger partial charge in [0.15, 0.2) is 0 Å². The first-order valence-corrected chi connectivity index (χ1v) is 7.70. The van der Waals surface area contributed by atoms with Gasteiger partial charge >= 0.3 is 5.97 Å². The van der Waals surface area contributed by atoms with Crippen molar-refractivity contribution < 1.29 is 19.4 Å². The smallest absolute Gasteiger partial charge is 0.335 e. The lowest BCUT2D eigenvalue weighted by Gasteiger charge is -2.16. The quantitative estimate of drug-likeness (QED) is 0.869. The first-order chi connectivity index (χ1) is 11.3. The van der Waals surface area contributed by atoms with Gasteiger partial charge in [0.2, 0.25) is 0 Å². The van der Waals surface area contributed by atoms with Gasteiger partial charge in [0.25, 0.3) is 5.91 Å². The molecule has 0 aliphatic carbocycles. The standard InChI is InChI=1S/C19H21NO4/c1-11(2)24-17-8-6-14(19(22)23)10-16(17)20-18(21)15-7-5-12(3)9-13(15)4/h5-11H,1-4H3,(H,20,21)(H,22,23). The molecular formula is C19H21NO4. The van der Waals surface area contributed by atoms with Gasteiger partial charge in [0.1, 0.15) is 5.75 Å². The highest BCUT2D eigenvalue weighted by atomic mass is 16.5.